The van der Waals surface area contributed by atoms with Crippen molar-refractivity contribution in [3.63, 3.8) is 0 Å². The van der Waals surface area contributed by atoms with E-state index >= 15 is 0 Å². The standard InChI is InChI=1S/C28H23N5O/c1-20-11-22(13-23(12-20)18-32-9-7-30-19-32)14-27(34)25-4-3-21(2)24(15-25)5-6-26-16-31-28-17-29-8-10-33(26)28/h3-4,7-13,15-17,19H,14,18H2,1-2H3. The van der Waals surface area contributed by atoms with Crippen molar-refractivity contribution in [1.29, 1.82) is 0 Å². The van der Waals surface area contributed by atoms with Gasteiger partial charge in [0.1, 0.15) is 5.69 Å². The number of benzene rings is 2. The minimum atomic E-state index is 0.0723. The predicted molar refractivity (Wildman–Crippen MR) is 131 cm³/mol. The number of rotatable bonds is 5. The van der Waals surface area contributed by atoms with Gasteiger partial charge in [-0.05, 0) is 42.5 Å². The van der Waals surface area contributed by atoms with Crippen LogP contribution in [0.15, 0.2) is 79.9 Å². The summed E-state index contributed by atoms with van der Waals surface area (Å²) in [6.07, 6.45) is 12.8. The van der Waals surface area contributed by atoms with Crippen LogP contribution in [0.4, 0.5) is 0 Å². The van der Waals surface area contributed by atoms with Crippen LogP contribution in [-0.2, 0) is 13.0 Å². The number of carbonyl (C=O) groups excluding carboxylic acids is 1. The average Bonchev–Trinajstić information content (AvgIpc) is 3.48. The third-order valence-corrected chi connectivity index (χ3v) is 5.69. The lowest BCUT2D eigenvalue weighted by molar-refractivity contribution is 0.0993. The van der Waals surface area contributed by atoms with Crippen LogP contribution in [-0.4, -0.2) is 29.7 Å². The van der Waals surface area contributed by atoms with E-state index in [0.29, 0.717) is 12.0 Å². The van der Waals surface area contributed by atoms with Crippen LogP contribution < -0.4 is 0 Å². The maximum absolute atomic E-state index is 13.1. The summed E-state index contributed by atoms with van der Waals surface area (Å²) in [6, 6.07) is 12.0. The van der Waals surface area contributed by atoms with Crippen LogP contribution >= 0.6 is 0 Å². The van der Waals surface area contributed by atoms with E-state index in [1.807, 2.05) is 46.5 Å². The molecule has 0 atom stereocenters. The molecule has 0 radical (unpaired) electrons. The number of hydrogen-bond donors (Lipinski definition) is 0. The first-order valence-corrected chi connectivity index (χ1v) is 11.0. The van der Waals surface area contributed by atoms with Gasteiger partial charge >= 0.3 is 0 Å². The summed E-state index contributed by atoms with van der Waals surface area (Å²) in [6.45, 7) is 4.78. The lowest BCUT2D eigenvalue weighted by Crippen LogP contribution is -2.06. The minimum Gasteiger partial charge on any atom is -0.333 e. The van der Waals surface area contributed by atoms with Crippen LogP contribution in [0.5, 0.6) is 0 Å². The Hall–Kier alpha value is -4.50. The molecule has 5 aromatic rings. The Labute approximate surface area is 198 Å². The maximum atomic E-state index is 13.1. The number of nitrogens with zero attached hydrogens (tertiary/aromatic N) is 5. The zero-order valence-corrected chi connectivity index (χ0v) is 19.1. The second-order valence-corrected chi connectivity index (χ2v) is 8.39. The van der Waals surface area contributed by atoms with Gasteiger partial charge < -0.3 is 4.57 Å². The maximum Gasteiger partial charge on any atom is 0.167 e. The number of carbonyl (C=O) groups is 1. The zero-order valence-electron chi connectivity index (χ0n) is 19.1. The van der Waals surface area contributed by atoms with Gasteiger partial charge in [0.25, 0.3) is 0 Å². The van der Waals surface area contributed by atoms with E-state index < -0.39 is 0 Å². The topological polar surface area (TPSA) is 65.1 Å². The molecular formula is C28H23N5O. The fourth-order valence-corrected chi connectivity index (χ4v) is 4.02. The lowest BCUT2D eigenvalue weighted by Gasteiger charge is -2.09. The summed E-state index contributed by atoms with van der Waals surface area (Å²) in [4.78, 5) is 25.6. The molecule has 0 aliphatic carbocycles. The highest BCUT2D eigenvalue weighted by atomic mass is 16.1. The van der Waals surface area contributed by atoms with E-state index in [1.165, 1.54) is 0 Å². The molecule has 2 aromatic carbocycles. The molecule has 0 amide bonds. The minimum absolute atomic E-state index is 0.0723. The molecule has 34 heavy (non-hydrogen) atoms. The average molecular weight is 446 g/mol. The highest BCUT2D eigenvalue weighted by Gasteiger charge is 2.11. The molecule has 0 spiro atoms. The first kappa shape index (κ1) is 21.4. The number of fused-ring (bicyclic) bond motifs is 1. The highest BCUT2D eigenvalue weighted by molar-refractivity contribution is 5.98. The fourth-order valence-electron chi connectivity index (χ4n) is 4.02. The molecule has 5 rings (SSSR count). The van der Waals surface area contributed by atoms with Crippen molar-refractivity contribution in [3.05, 3.63) is 119 Å². The Kier molecular flexibility index (Phi) is 5.75. The number of Topliss-reactive ketones (excluding diaryl/α,β-unsaturated/α-hetero) is 1. The van der Waals surface area contributed by atoms with Gasteiger partial charge in [0, 0.05) is 48.9 Å². The van der Waals surface area contributed by atoms with E-state index in [1.54, 1.807) is 31.1 Å². The second-order valence-electron chi connectivity index (χ2n) is 8.39. The van der Waals surface area contributed by atoms with Crippen LogP contribution in [0.25, 0.3) is 5.65 Å². The van der Waals surface area contributed by atoms with Gasteiger partial charge in [-0.2, -0.15) is 0 Å². The molecule has 3 heterocycles. The molecule has 3 aromatic heterocycles. The Bertz CT molecular complexity index is 1550. The number of aromatic nitrogens is 5. The predicted octanol–water partition coefficient (Wildman–Crippen LogP) is 4.42. The molecule has 0 unspecified atom stereocenters. The van der Waals surface area contributed by atoms with Crippen molar-refractivity contribution in [2.75, 3.05) is 0 Å². The molecule has 0 fully saturated rings. The quantitative estimate of drug-likeness (QED) is 0.297. The summed E-state index contributed by atoms with van der Waals surface area (Å²) in [7, 11) is 0. The van der Waals surface area contributed by atoms with E-state index in [-0.39, 0.29) is 5.78 Å². The van der Waals surface area contributed by atoms with Crippen molar-refractivity contribution in [2.45, 2.75) is 26.8 Å². The summed E-state index contributed by atoms with van der Waals surface area (Å²) < 4.78 is 3.91. The van der Waals surface area contributed by atoms with Gasteiger partial charge in [-0.1, -0.05) is 41.8 Å². The van der Waals surface area contributed by atoms with Gasteiger partial charge in [0.05, 0.1) is 18.7 Å². The van der Waals surface area contributed by atoms with Crippen LogP contribution in [0, 0.1) is 25.7 Å². The van der Waals surface area contributed by atoms with Crippen LogP contribution in [0.1, 0.15) is 43.9 Å². The van der Waals surface area contributed by atoms with Crippen molar-refractivity contribution in [3.8, 4) is 11.8 Å². The van der Waals surface area contributed by atoms with Gasteiger partial charge in [0.15, 0.2) is 11.4 Å². The third kappa shape index (κ3) is 4.64. The van der Waals surface area contributed by atoms with Gasteiger partial charge in [-0.3, -0.25) is 14.2 Å². The highest BCUT2D eigenvalue weighted by Crippen LogP contribution is 2.17. The number of imidazole rings is 2. The Morgan fingerprint density at radius 1 is 0.941 bits per heavy atom. The van der Waals surface area contributed by atoms with E-state index in [0.717, 1.165) is 45.7 Å². The van der Waals surface area contributed by atoms with Crippen molar-refractivity contribution in [1.82, 2.24) is 23.9 Å². The fraction of sp³-hybridized carbons (Fsp3) is 0.143. The number of aryl methyl sites for hydroxylation is 2. The van der Waals surface area contributed by atoms with E-state index in [2.05, 4.69) is 51.9 Å². The molecule has 0 aliphatic rings. The van der Waals surface area contributed by atoms with Gasteiger partial charge in [-0.15, -0.1) is 0 Å². The molecule has 0 saturated heterocycles. The molecular weight excluding hydrogens is 422 g/mol. The SMILES string of the molecule is Cc1cc(CC(=O)c2ccc(C)c(C#Cc3cnc4cnccn34)c2)cc(Cn2ccnc2)c1. The smallest absolute Gasteiger partial charge is 0.167 e. The Balaban J connectivity index is 1.38. The third-order valence-electron chi connectivity index (χ3n) is 5.69. The van der Waals surface area contributed by atoms with E-state index in [4.69, 9.17) is 0 Å². The molecule has 166 valence electrons. The van der Waals surface area contributed by atoms with E-state index in [9.17, 15) is 4.79 Å². The largest absolute Gasteiger partial charge is 0.333 e. The Morgan fingerprint density at radius 3 is 2.65 bits per heavy atom. The Morgan fingerprint density at radius 2 is 1.79 bits per heavy atom. The molecule has 0 saturated carbocycles. The molecule has 0 N–H and O–H groups in total. The summed E-state index contributed by atoms with van der Waals surface area (Å²) in [5.74, 6) is 6.47. The normalized spacial score (nSPS) is 10.8. The summed E-state index contributed by atoms with van der Waals surface area (Å²) in [5.41, 5.74) is 7.34. The number of ketones is 1. The van der Waals surface area contributed by atoms with Crippen molar-refractivity contribution >= 4 is 11.4 Å². The summed E-state index contributed by atoms with van der Waals surface area (Å²) >= 11 is 0. The van der Waals surface area contributed by atoms with Crippen LogP contribution in [0.3, 0.4) is 0 Å². The number of hydrogen-bond acceptors (Lipinski definition) is 4. The van der Waals surface area contributed by atoms with Gasteiger partial charge in [-0.25, -0.2) is 9.97 Å². The first-order valence-electron chi connectivity index (χ1n) is 11.0. The van der Waals surface area contributed by atoms with Crippen molar-refractivity contribution < 1.29 is 4.79 Å². The lowest BCUT2D eigenvalue weighted by atomic mass is 9.97. The second kappa shape index (κ2) is 9.16. The molecule has 0 bridgehead atoms. The molecule has 6 heteroatoms. The first-order chi connectivity index (χ1) is 16.5. The zero-order chi connectivity index (χ0) is 23.5. The van der Waals surface area contributed by atoms with Crippen molar-refractivity contribution in [2.24, 2.45) is 0 Å². The van der Waals surface area contributed by atoms with Gasteiger partial charge in [0.2, 0.25) is 0 Å². The monoisotopic (exact) mass is 445 g/mol. The summed E-state index contributed by atoms with van der Waals surface area (Å²) in [5, 5.41) is 0. The van der Waals surface area contributed by atoms with Crippen LogP contribution in [0.2, 0.25) is 0 Å². The molecule has 6 nitrogen and oxygen atoms in total. The molecule has 0 aliphatic heterocycles.